The maximum atomic E-state index is 11.5. The molecule has 0 aliphatic carbocycles. The van der Waals surface area contributed by atoms with Gasteiger partial charge in [0.2, 0.25) is 0 Å². The lowest BCUT2D eigenvalue weighted by molar-refractivity contribution is -0.136. The first-order chi connectivity index (χ1) is 9.08. The van der Waals surface area contributed by atoms with Crippen LogP contribution in [-0.4, -0.2) is 21.3 Å². The third-order valence-electron chi connectivity index (χ3n) is 3.56. The fourth-order valence-electron chi connectivity index (χ4n) is 2.62. The van der Waals surface area contributed by atoms with Gasteiger partial charge in [-0.2, -0.15) is 0 Å². The van der Waals surface area contributed by atoms with Crippen molar-refractivity contribution in [3.05, 3.63) is 36.0 Å². The van der Waals surface area contributed by atoms with Gasteiger partial charge in [-0.3, -0.25) is 9.78 Å². The van der Waals surface area contributed by atoms with Crippen LogP contribution in [0, 0.1) is 0 Å². The van der Waals surface area contributed by atoms with Crippen LogP contribution in [0.25, 0.3) is 10.9 Å². The van der Waals surface area contributed by atoms with Crippen molar-refractivity contribution >= 4 is 44.6 Å². The Kier molecular flexibility index (Phi) is 3.06. The number of aromatic nitrogens is 1. The number of fused-ring (bicyclic) bond motifs is 3. The molecule has 1 aromatic heterocycles. The zero-order chi connectivity index (χ0) is 13.6. The van der Waals surface area contributed by atoms with Crippen LogP contribution in [0.3, 0.4) is 0 Å². The summed E-state index contributed by atoms with van der Waals surface area (Å²) in [5.41, 5.74) is 1.98. The highest BCUT2D eigenvalue weighted by atomic mass is 79.9. The lowest BCUT2D eigenvalue weighted by Crippen LogP contribution is -2.33. The van der Waals surface area contributed by atoms with Crippen molar-refractivity contribution in [1.29, 1.82) is 0 Å². The predicted molar refractivity (Wildman–Crippen MR) is 79.9 cm³/mol. The van der Waals surface area contributed by atoms with Crippen molar-refractivity contribution in [3.8, 4) is 0 Å². The number of halogens is 1. The molecule has 5 heteroatoms. The van der Waals surface area contributed by atoms with Gasteiger partial charge in [-0.05, 0) is 30.2 Å². The van der Waals surface area contributed by atoms with E-state index in [1.807, 2.05) is 31.2 Å². The van der Waals surface area contributed by atoms with E-state index in [4.69, 9.17) is 0 Å². The number of thioether (sulfide) groups is 1. The second kappa shape index (κ2) is 4.49. The molecule has 0 fully saturated rings. The number of carboxylic acids is 1. The number of benzene rings is 1. The number of carbonyl (C=O) groups is 1. The molecular formula is C14H12BrNO2S. The molecule has 2 atom stereocenters. The van der Waals surface area contributed by atoms with E-state index in [2.05, 4.69) is 20.9 Å². The van der Waals surface area contributed by atoms with E-state index in [1.54, 1.807) is 6.20 Å². The van der Waals surface area contributed by atoms with E-state index in [1.165, 1.54) is 11.8 Å². The minimum atomic E-state index is -0.781. The monoisotopic (exact) mass is 337 g/mol. The van der Waals surface area contributed by atoms with E-state index >= 15 is 0 Å². The molecule has 0 radical (unpaired) electrons. The molecule has 0 spiro atoms. The zero-order valence-electron chi connectivity index (χ0n) is 10.3. The fourth-order valence-corrected chi connectivity index (χ4v) is 5.04. The van der Waals surface area contributed by atoms with E-state index in [-0.39, 0.29) is 0 Å². The summed E-state index contributed by atoms with van der Waals surface area (Å²) in [5.74, 6) is -0.781. The summed E-state index contributed by atoms with van der Waals surface area (Å²) in [6.45, 7) is 2.01. The van der Waals surface area contributed by atoms with Crippen molar-refractivity contribution in [1.82, 2.24) is 4.98 Å². The summed E-state index contributed by atoms with van der Waals surface area (Å²) < 4.78 is -0.526. The van der Waals surface area contributed by atoms with Crippen LogP contribution in [0.1, 0.15) is 18.9 Å². The highest BCUT2D eigenvalue weighted by Gasteiger charge is 2.49. The largest absolute Gasteiger partial charge is 0.480 e. The third kappa shape index (κ3) is 1.79. The molecule has 1 aliphatic heterocycles. The fraction of sp³-hybridized carbons (Fsp3) is 0.286. The Morgan fingerprint density at radius 3 is 3.00 bits per heavy atom. The molecule has 0 saturated heterocycles. The van der Waals surface area contributed by atoms with Gasteiger partial charge >= 0.3 is 5.97 Å². The van der Waals surface area contributed by atoms with Crippen LogP contribution >= 0.6 is 27.7 Å². The average molecular weight is 338 g/mol. The number of pyridine rings is 1. The number of carboxylic acid groups (broad SMARTS) is 1. The predicted octanol–water partition coefficient (Wildman–Crippen LogP) is 3.79. The van der Waals surface area contributed by atoms with E-state index in [0.717, 1.165) is 27.8 Å². The summed E-state index contributed by atoms with van der Waals surface area (Å²) in [6, 6.07) is 7.83. The van der Waals surface area contributed by atoms with Crippen molar-refractivity contribution in [2.24, 2.45) is 0 Å². The summed E-state index contributed by atoms with van der Waals surface area (Å²) in [6.07, 6.45) is 2.48. The molecule has 1 aliphatic rings. The van der Waals surface area contributed by atoms with Gasteiger partial charge in [-0.25, -0.2) is 0 Å². The SMILES string of the molecule is CCC1(Br)c2c(ccc3ncccc23)SC1C(=O)O. The first-order valence-electron chi connectivity index (χ1n) is 6.04. The van der Waals surface area contributed by atoms with Gasteiger partial charge in [0, 0.05) is 16.5 Å². The van der Waals surface area contributed by atoms with E-state index in [0.29, 0.717) is 0 Å². The molecule has 0 amide bonds. The zero-order valence-corrected chi connectivity index (χ0v) is 12.7. The van der Waals surface area contributed by atoms with Crippen molar-refractivity contribution < 1.29 is 9.90 Å². The Bertz CT molecular complexity index is 676. The summed E-state index contributed by atoms with van der Waals surface area (Å²) >= 11 is 5.12. The topological polar surface area (TPSA) is 50.2 Å². The van der Waals surface area contributed by atoms with Crippen LogP contribution in [0.15, 0.2) is 35.4 Å². The van der Waals surface area contributed by atoms with Gasteiger partial charge in [0.1, 0.15) is 5.25 Å². The van der Waals surface area contributed by atoms with Crippen LogP contribution in [-0.2, 0) is 9.12 Å². The molecule has 2 unspecified atom stereocenters. The van der Waals surface area contributed by atoms with Crippen LogP contribution < -0.4 is 0 Å². The molecule has 98 valence electrons. The molecule has 3 nitrogen and oxygen atoms in total. The smallest absolute Gasteiger partial charge is 0.318 e. The van der Waals surface area contributed by atoms with Crippen LogP contribution in [0.4, 0.5) is 0 Å². The van der Waals surface area contributed by atoms with Crippen LogP contribution in [0.5, 0.6) is 0 Å². The van der Waals surface area contributed by atoms with Crippen molar-refractivity contribution in [2.45, 2.75) is 27.8 Å². The second-order valence-electron chi connectivity index (χ2n) is 4.56. The van der Waals surface area contributed by atoms with Gasteiger partial charge in [-0.1, -0.05) is 28.9 Å². The van der Waals surface area contributed by atoms with Gasteiger partial charge < -0.3 is 5.11 Å². The molecule has 0 saturated carbocycles. The number of aliphatic carboxylic acids is 1. The minimum absolute atomic E-state index is 0.502. The van der Waals surface area contributed by atoms with Gasteiger partial charge in [0.05, 0.1) is 9.84 Å². The van der Waals surface area contributed by atoms with Crippen LogP contribution in [0.2, 0.25) is 0 Å². The maximum absolute atomic E-state index is 11.5. The number of rotatable bonds is 2. The Balaban J connectivity index is 2.32. The lowest BCUT2D eigenvalue weighted by atomic mass is 9.90. The molecule has 2 heterocycles. The van der Waals surface area contributed by atoms with E-state index < -0.39 is 15.5 Å². The molecule has 0 bridgehead atoms. The molecule has 3 rings (SSSR count). The minimum Gasteiger partial charge on any atom is -0.480 e. The molecule has 1 aromatic carbocycles. The van der Waals surface area contributed by atoms with Crippen molar-refractivity contribution in [3.63, 3.8) is 0 Å². The highest BCUT2D eigenvalue weighted by Crippen LogP contribution is 2.57. The first kappa shape index (κ1) is 12.9. The number of alkyl halides is 1. The Morgan fingerprint density at radius 2 is 2.32 bits per heavy atom. The van der Waals surface area contributed by atoms with Crippen molar-refractivity contribution in [2.75, 3.05) is 0 Å². The number of hydrogen-bond acceptors (Lipinski definition) is 3. The molecule has 19 heavy (non-hydrogen) atoms. The number of nitrogens with zero attached hydrogens (tertiary/aromatic N) is 1. The lowest BCUT2D eigenvalue weighted by Gasteiger charge is -2.26. The standard InChI is InChI=1S/C14H12BrNO2S/c1-2-14(15)11-8-4-3-7-16-9(8)5-6-10(11)19-12(14)13(17)18/h3-7,12H,2H2,1H3,(H,17,18). The third-order valence-corrected chi connectivity index (χ3v) is 6.71. The Labute approximate surface area is 123 Å². The summed E-state index contributed by atoms with van der Waals surface area (Å²) in [4.78, 5) is 16.9. The first-order valence-corrected chi connectivity index (χ1v) is 7.72. The second-order valence-corrected chi connectivity index (χ2v) is 7.12. The Hall–Kier alpha value is -1.07. The molecule has 2 aromatic rings. The molecular weight excluding hydrogens is 326 g/mol. The van der Waals surface area contributed by atoms with Gasteiger partial charge in [-0.15, -0.1) is 11.8 Å². The summed E-state index contributed by atoms with van der Waals surface area (Å²) in [7, 11) is 0. The quantitative estimate of drug-likeness (QED) is 0.847. The Morgan fingerprint density at radius 1 is 1.53 bits per heavy atom. The number of hydrogen-bond donors (Lipinski definition) is 1. The highest BCUT2D eigenvalue weighted by molar-refractivity contribution is 9.09. The van der Waals surface area contributed by atoms with E-state index in [9.17, 15) is 9.90 Å². The maximum Gasteiger partial charge on any atom is 0.318 e. The normalized spacial score (nSPS) is 25.5. The van der Waals surface area contributed by atoms with Gasteiger partial charge in [0.25, 0.3) is 0 Å². The molecule has 1 N–H and O–H groups in total. The average Bonchev–Trinajstić information content (AvgIpc) is 2.73. The van der Waals surface area contributed by atoms with Gasteiger partial charge in [0.15, 0.2) is 0 Å². The summed E-state index contributed by atoms with van der Waals surface area (Å²) in [5, 5.41) is 9.99.